The second kappa shape index (κ2) is 5.90. The van der Waals surface area contributed by atoms with E-state index in [0.29, 0.717) is 22.9 Å². The van der Waals surface area contributed by atoms with E-state index in [1.165, 1.54) is 6.07 Å². The molecule has 0 spiro atoms. The van der Waals surface area contributed by atoms with Crippen LogP contribution in [0.5, 0.6) is 5.75 Å². The molecule has 3 heteroatoms. The van der Waals surface area contributed by atoms with Gasteiger partial charge in [0.1, 0.15) is 13.6 Å². The first-order chi connectivity index (χ1) is 8.12. The number of carbonyl (C=O) groups is 1. The van der Waals surface area contributed by atoms with Gasteiger partial charge in [-0.25, -0.2) is 0 Å². The Morgan fingerprint density at radius 1 is 1.47 bits per heavy atom. The van der Waals surface area contributed by atoms with Gasteiger partial charge < -0.3 is 5.11 Å². The standard InChI is InChI=1S/C14H13BO2/c1-3-10(4-2)7-11(9-16)13-6-5-12(15)8-14(13)17/h3-9,17H,1H2,2H3/b10-4+,11-7+. The third-order valence-electron chi connectivity index (χ3n) is 2.35. The van der Waals surface area contributed by atoms with E-state index in [2.05, 4.69) is 6.58 Å². The number of rotatable bonds is 4. The Morgan fingerprint density at radius 2 is 2.18 bits per heavy atom. The molecule has 2 nitrogen and oxygen atoms in total. The fourth-order valence-corrected chi connectivity index (χ4v) is 1.41. The molecule has 2 radical (unpaired) electrons. The van der Waals surface area contributed by atoms with Gasteiger partial charge in [0.15, 0.2) is 6.29 Å². The van der Waals surface area contributed by atoms with Crippen LogP contribution in [0, 0.1) is 0 Å². The Balaban J connectivity index is 3.27. The van der Waals surface area contributed by atoms with Gasteiger partial charge >= 0.3 is 0 Å². The summed E-state index contributed by atoms with van der Waals surface area (Å²) in [5.41, 5.74) is 2.10. The molecule has 0 aliphatic heterocycles. The monoisotopic (exact) mass is 224 g/mol. The van der Waals surface area contributed by atoms with E-state index in [4.69, 9.17) is 7.85 Å². The molecule has 0 atom stereocenters. The number of hydrogen-bond acceptors (Lipinski definition) is 2. The van der Waals surface area contributed by atoms with Gasteiger partial charge in [-0.2, -0.15) is 0 Å². The zero-order valence-corrected chi connectivity index (χ0v) is 9.68. The van der Waals surface area contributed by atoms with Gasteiger partial charge in [0.2, 0.25) is 0 Å². The Morgan fingerprint density at radius 3 is 2.65 bits per heavy atom. The van der Waals surface area contributed by atoms with Crippen molar-refractivity contribution in [3.8, 4) is 5.75 Å². The van der Waals surface area contributed by atoms with Crippen LogP contribution in [0.2, 0.25) is 0 Å². The fraction of sp³-hybridized carbons (Fsp3) is 0.0714. The lowest BCUT2D eigenvalue weighted by Gasteiger charge is -2.05. The summed E-state index contributed by atoms with van der Waals surface area (Å²) in [7, 11) is 5.53. The van der Waals surface area contributed by atoms with Crippen LogP contribution in [0.3, 0.4) is 0 Å². The predicted octanol–water partition coefficient (Wildman–Crippen LogP) is 1.90. The van der Waals surface area contributed by atoms with Crippen LogP contribution >= 0.6 is 0 Å². The molecule has 0 unspecified atom stereocenters. The number of phenols is 1. The van der Waals surface area contributed by atoms with E-state index in [-0.39, 0.29) is 5.75 Å². The summed E-state index contributed by atoms with van der Waals surface area (Å²) in [6.07, 6.45) is 5.81. The Bertz CT molecular complexity index is 499. The van der Waals surface area contributed by atoms with E-state index in [9.17, 15) is 9.90 Å². The lowest BCUT2D eigenvalue weighted by Crippen LogP contribution is -2.01. The molecule has 0 bridgehead atoms. The largest absolute Gasteiger partial charge is 0.507 e. The normalized spacial score (nSPS) is 12.3. The Kier molecular flexibility index (Phi) is 4.52. The average Bonchev–Trinajstić information content (AvgIpc) is 2.32. The zero-order chi connectivity index (χ0) is 12.8. The smallest absolute Gasteiger partial charge is 0.150 e. The van der Waals surface area contributed by atoms with Crippen LogP contribution in [0.25, 0.3) is 5.57 Å². The van der Waals surface area contributed by atoms with Gasteiger partial charge in [0.25, 0.3) is 0 Å². The van der Waals surface area contributed by atoms with Crippen LogP contribution < -0.4 is 5.46 Å². The highest BCUT2D eigenvalue weighted by Crippen LogP contribution is 2.23. The first kappa shape index (κ1) is 13.0. The second-order valence-corrected chi connectivity index (χ2v) is 3.49. The maximum atomic E-state index is 11.0. The molecule has 84 valence electrons. The minimum atomic E-state index is -0.0112. The van der Waals surface area contributed by atoms with Crippen molar-refractivity contribution in [3.05, 3.63) is 54.1 Å². The zero-order valence-electron chi connectivity index (χ0n) is 9.68. The lowest BCUT2D eigenvalue weighted by atomic mass is 9.92. The summed E-state index contributed by atoms with van der Waals surface area (Å²) in [4.78, 5) is 11.0. The van der Waals surface area contributed by atoms with Crippen LogP contribution in [-0.4, -0.2) is 19.2 Å². The Hall–Kier alpha value is -2.03. The highest BCUT2D eigenvalue weighted by atomic mass is 16.3. The molecule has 0 aromatic heterocycles. The molecule has 0 heterocycles. The maximum Gasteiger partial charge on any atom is 0.150 e. The number of aromatic hydroxyl groups is 1. The molecule has 0 amide bonds. The van der Waals surface area contributed by atoms with Crippen molar-refractivity contribution >= 4 is 25.2 Å². The van der Waals surface area contributed by atoms with Crippen molar-refractivity contribution in [2.24, 2.45) is 0 Å². The van der Waals surface area contributed by atoms with E-state index in [1.54, 1.807) is 24.3 Å². The lowest BCUT2D eigenvalue weighted by molar-refractivity contribution is -0.103. The number of phenolic OH excluding ortho intramolecular Hbond substituents is 1. The third-order valence-corrected chi connectivity index (χ3v) is 2.35. The molecule has 0 aliphatic carbocycles. The second-order valence-electron chi connectivity index (χ2n) is 3.49. The Labute approximate surface area is 102 Å². The first-order valence-electron chi connectivity index (χ1n) is 5.16. The molecule has 1 aromatic carbocycles. The molecule has 17 heavy (non-hydrogen) atoms. The predicted molar refractivity (Wildman–Crippen MR) is 71.5 cm³/mol. The minimum Gasteiger partial charge on any atom is -0.507 e. The molecule has 1 aromatic rings. The van der Waals surface area contributed by atoms with Crippen molar-refractivity contribution < 1.29 is 9.90 Å². The number of allylic oxidation sites excluding steroid dienone is 5. The van der Waals surface area contributed by atoms with Crippen molar-refractivity contribution in [1.29, 1.82) is 0 Å². The highest BCUT2D eigenvalue weighted by Gasteiger charge is 2.06. The van der Waals surface area contributed by atoms with Crippen molar-refractivity contribution in [1.82, 2.24) is 0 Å². The van der Waals surface area contributed by atoms with Crippen LogP contribution in [0.4, 0.5) is 0 Å². The van der Waals surface area contributed by atoms with E-state index >= 15 is 0 Å². The number of hydrogen-bond donors (Lipinski definition) is 1. The molecule has 1 rings (SSSR count). The van der Waals surface area contributed by atoms with Gasteiger partial charge in [0.05, 0.1) is 0 Å². The first-order valence-corrected chi connectivity index (χ1v) is 5.16. The van der Waals surface area contributed by atoms with Crippen LogP contribution in [0.1, 0.15) is 12.5 Å². The molecule has 1 N–H and O–H groups in total. The van der Waals surface area contributed by atoms with E-state index in [0.717, 1.165) is 5.57 Å². The minimum absolute atomic E-state index is 0.0112. The van der Waals surface area contributed by atoms with Gasteiger partial charge in [0, 0.05) is 11.1 Å². The SMILES string of the molecule is [B]c1ccc(/C(C=O)=C/C(C=C)=C/C)c(O)c1. The fourth-order valence-electron chi connectivity index (χ4n) is 1.41. The summed E-state index contributed by atoms with van der Waals surface area (Å²) < 4.78 is 0. The summed E-state index contributed by atoms with van der Waals surface area (Å²) in [5.74, 6) is -0.0112. The number of carbonyl (C=O) groups excluding carboxylic acids is 1. The molecular weight excluding hydrogens is 211 g/mol. The quantitative estimate of drug-likeness (QED) is 0.367. The van der Waals surface area contributed by atoms with Crippen molar-refractivity contribution in [2.75, 3.05) is 0 Å². The van der Waals surface area contributed by atoms with Crippen LogP contribution in [-0.2, 0) is 4.79 Å². The maximum absolute atomic E-state index is 11.0. The van der Waals surface area contributed by atoms with Crippen LogP contribution in [0.15, 0.2) is 48.6 Å². The molecule has 0 fully saturated rings. The topological polar surface area (TPSA) is 37.3 Å². The highest BCUT2D eigenvalue weighted by molar-refractivity contribution is 6.32. The van der Waals surface area contributed by atoms with Gasteiger partial charge in [-0.05, 0) is 24.6 Å². The number of benzene rings is 1. The van der Waals surface area contributed by atoms with Crippen molar-refractivity contribution in [2.45, 2.75) is 6.92 Å². The summed E-state index contributed by atoms with van der Waals surface area (Å²) >= 11 is 0. The van der Waals surface area contributed by atoms with Crippen molar-refractivity contribution in [3.63, 3.8) is 0 Å². The van der Waals surface area contributed by atoms with E-state index in [1.807, 2.05) is 13.0 Å². The number of aldehydes is 1. The molecule has 0 aliphatic rings. The summed E-state index contributed by atoms with van der Waals surface area (Å²) in [6.45, 7) is 5.48. The van der Waals surface area contributed by atoms with Gasteiger partial charge in [-0.15, -0.1) is 0 Å². The third kappa shape index (κ3) is 3.21. The van der Waals surface area contributed by atoms with E-state index < -0.39 is 0 Å². The van der Waals surface area contributed by atoms with Gasteiger partial charge in [-0.1, -0.05) is 36.3 Å². The average molecular weight is 224 g/mol. The summed E-state index contributed by atoms with van der Waals surface area (Å²) in [5, 5.41) is 9.73. The molecular formula is C14H13BO2. The summed E-state index contributed by atoms with van der Waals surface area (Å²) in [6, 6.07) is 4.66. The van der Waals surface area contributed by atoms with Gasteiger partial charge in [-0.3, -0.25) is 4.79 Å². The molecule has 0 saturated heterocycles. The molecule has 0 saturated carbocycles.